The smallest absolute Gasteiger partial charge is 1.00 e. The molecule has 7 aromatic rings. The standard InChI is InChI=1S/C59H76N4OP2.C7H4N.BrH.4ClH.Pd/c1-11-60(12-2)41-45-25-33-49(34-26-45)65(50-35-27-46(28-36-50)42-61(13-3)14-4)55-23-19-21-53-57(55)64-58-54(59(53,9)10)22-20-24-56(58)66(51-37-29-47(30-38-51)43-62(15-5)16-6)52-39-31-48(32-40-52)44-63(17-7)18-8;8-6-7-4-2-1-3-5-7;;;;;;/h19-40H,11-18,41-44H2,1-10H3;2-5H;5*1H;/q;-1;;;;;;+2/p-1. The largest absolute Gasteiger partial charge is 1.00 e. The van der Waals surface area contributed by atoms with E-state index in [0.29, 0.717) is 5.56 Å². The van der Waals surface area contributed by atoms with Crippen molar-refractivity contribution in [3.8, 4) is 17.6 Å². The summed E-state index contributed by atoms with van der Waals surface area (Å²) in [5, 5.41) is 16.3. The summed E-state index contributed by atoms with van der Waals surface area (Å²) in [5.41, 5.74) is 8.51. The van der Waals surface area contributed by atoms with Crippen molar-refractivity contribution >= 4 is 61.1 Å². The molecule has 80 heavy (non-hydrogen) atoms. The normalized spacial score (nSPS) is 11.8. The molecule has 0 unspecified atom stereocenters. The van der Waals surface area contributed by atoms with Crippen molar-refractivity contribution in [2.45, 2.75) is 101 Å². The number of nitrogens with one attached hydrogen (secondary N) is 4. The number of benzene rings is 7. The molecule has 0 amide bonds. The second-order valence-electron chi connectivity index (χ2n) is 20.3. The van der Waals surface area contributed by atoms with Crippen molar-refractivity contribution in [2.24, 2.45) is 0 Å². The first kappa shape index (κ1) is 72.9. The molecule has 14 heteroatoms. The maximum Gasteiger partial charge on any atom is -1.00 e. The molecule has 0 fully saturated rings. The van der Waals surface area contributed by atoms with Gasteiger partial charge in [0.25, 0.3) is 0 Å². The molecule has 434 valence electrons. The third kappa shape index (κ3) is 18.9. The third-order valence-electron chi connectivity index (χ3n) is 15.5. The van der Waals surface area contributed by atoms with Crippen LogP contribution in [0.2, 0.25) is 0 Å². The number of nitriles is 1. The van der Waals surface area contributed by atoms with Gasteiger partial charge in [0, 0.05) is 49.4 Å². The molecule has 7 aromatic carbocycles. The van der Waals surface area contributed by atoms with E-state index in [1.165, 1.54) is 65.2 Å². The van der Waals surface area contributed by atoms with E-state index in [4.69, 9.17) is 10.00 Å². The number of para-hydroxylation sites is 2. The second kappa shape index (κ2) is 37.2. The quantitative estimate of drug-likeness (QED) is 0.0316. The number of ether oxygens (including phenoxy) is 1. The predicted molar refractivity (Wildman–Crippen MR) is 324 cm³/mol. The van der Waals surface area contributed by atoms with Crippen LogP contribution in [0.4, 0.5) is 0 Å². The molecule has 0 spiro atoms. The topological polar surface area (TPSA) is 50.8 Å². The van der Waals surface area contributed by atoms with Gasteiger partial charge < -0.3 is 74.0 Å². The van der Waals surface area contributed by atoms with Gasteiger partial charge in [0.15, 0.2) is 0 Å². The molecule has 0 bridgehead atoms. The summed E-state index contributed by atoms with van der Waals surface area (Å²) in [5.74, 6) is 2.07. The number of rotatable bonds is 22. The van der Waals surface area contributed by atoms with E-state index >= 15 is 0 Å². The van der Waals surface area contributed by atoms with Gasteiger partial charge in [-0.05, 0) is 92.5 Å². The number of hydrogen-bond donors (Lipinski definition) is 4. The van der Waals surface area contributed by atoms with Crippen molar-refractivity contribution in [1.29, 1.82) is 5.26 Å². The second-order valence-corrected chi connectivity index (χ2v) is 24.7. The minimum absolute atomic E-state index is 0. The molecule has 0 radical (unpaired) electrons. The van der Waals surface area contributed by atoms with Gasteiger partial charge in [0.1, 0.15) is 37.7 Å². The molecular formula is C66H84BrCl4N5OP2Pd. The van der Waals surface area contributed by atoms with Crippen LogP contribution < -0.4 is 106 Å². The van der Waals surface area contributed by atoms with E-state index in [9.17, 15) is 0 Å². The van der Waals surface area contributed by atoms with Gasteiger partial charge in [-0.15, -0.1) is 0 Å². The first-order chi connectivity index (χ1) is 37.0. The first-order valence-corrected chi connectivity index (χ1v) is 34.0. The monoisotopic (exact) mass is 1350 g/mol. The van der Waals surface area contributed by atoms with Crippen LogP contribution in [0.1, 0.15) is 108 Å². The third-order valence-corrected chi connectivity index (χ3v) is 20.4. The van der Waals surface area contributed by atoms with Crippen LogP contribution in [0, 0.1) is 17.4 Å². The summed E-state index contributed by atoms with van der Waals surface area (Å²) >= 11 is 5.35. The van der Waals surface area contributed by atoms with Crippen LogP contribution in [-0.2, 0) is 48.8 Å². The van der Waals surface area contributed by atoms with Gasteiger partial charge in [-0.25, -0.2) is 0 Å². The predicted octanol–water partition coefficient (Wildman–Crippen LogP) is -4.45. The fraction of sp³-hybridized carbons (Fsp3) is 0.348. The summed E-state index contributed by atoms with van der Waals surface area (Å²) in [4.78, 5) is 6.41. The van der Waals surface area contributed by atoms with Crippen LogP contribution in [0.25, 0.3) is 0 Å². The number of halogens is 5. The molecule has 0 saturated carbocycles. The zero-order chi connectivity index (χ0) is 54.6. The molecule has 0 aromatic heterocycles. The minimum Gasteiger partial charge on any atom is -1.00 e. The summed E-state index contributed by atoms with van der Waals surface area (Å²) < 4.78 is 7.66. The molecule has 0 saturated heterocycles. The SMILES string of the molecule is CC[NH+](CC)Cc1ccc(P(c2ccc(C[NH+](CC)CC)cc2)c2cccc3c2Oc2c(P(c4ccc(C[NH+](CC)CC)cc4)c4ccc(C[NH+](CC)CC)cc4)cccc2C3(C)C)cc1.N#Cc1cc[c-]cc1.[Br][Pd+].[Cl-].[Cl-].[Cl-].[Cl-]. The number of quaternary nitrogens is 4. The Morgan fingerprint density at radius 3 is 0.925 bits per heavy atom. The Labute approximate surface area is 526 Å². The summed E-state index contributed by atoms with van der Waals surface area (Å²) in [6.45, 7) is 36.4. The van der Waals surface area contributed by atoms with Gasteiger partial charge in [0.05, 0.1) is 58.4 Å². The van der Waals surface area contributed by atoms with Crippen LogP contribution in [0.15, 0.2) is 158 Å². The fourth-order valence-electron chi connectivity index (χ4n) is 10.4. The van der Waals surface area contributed by atoms with Crippen LogP contribution in [-0.4, -0.2) is 52.4 Å². The van der Waals surface area contributed by atoms with Crippen LogP contribution in [0.3, 0.4) is 0 Å². The molecule has 1 aliphatic rings. The van der Waals surface area contributed by atoms with Gasteiger partial charge >= 0.3 is 30.6 Å². The van der Waals surface area contributed by atoms with Crippen LogP contribution in [0.5, 0.6) is 11.5 Å². The first-order valence-electron chi connectivity index (χ1n) is 27.8. The van der Waals surface area contributed by atoms with Crippen LogP contribution >= 0.6 is 29.3 Å². The Morgan fingerprint density at radius 1 is 0.438 bits per heavy atom. The molecule has 8 rings (SSSR count). The average Bonchev–Trinajstić information content (AvgIpc) is 3.65. The molecular weight excluding hydrogens is 1270 g/mol. The van der Waals surface area contributed by atoms with Crippen molar-refractivity contribution in [1.82, 2.24) is 0 Å². The Kier molecular flexibility index (Phi) is 33.9. The number of fused-ring (bicyclic) bond motifs is 2. The summed E-state index contributed by atoms with van der Waals surface area (Å²) in [6, 6.07) is 64.1. The number of nitrogens with zero attached hydrogens (tertiary/aromatic N) is 1. The Bertz CT molecular complexity index is 2600. The molecule has 6 nitrogen and oxygen atoms in total. The Balaban J connectivity index is 0.00000142. The van der Waals surface area contributed by atoms with E-state index in [1.807, 2.05) is 6.07 Å². The van der Waals surface area contributed by atoms with E-state index in [2.05, 4.69) is 239 Å². The molecule has 4 N–H and O–H groups in total. The van der Waals surface area contributed by atoms with Gasteiger partial charge in [-0.1, -0.05) is 153 Å². The maximum atomic E-state index is 8.27. The van der Waals surface area contributed by atoms with E-state index < -0.39 is 15.8 Å². The van der Waals surface area contributed by atoms with E-state index in [-0.39, 0.29) is 55.0 Å². The van der Waals surface area contributed by atoms with Gasteiger partial charge in [-0.2, -0.15) is 35.6 Å². The van der Waals surface area contributed by atoms with Crippen molar-refractivity contribution in [3.63, 3.8) is 0 Å². The maximum absolute atomic E-state index is 8.27. The Morgan fingerprint density at radius 2 is 0.700 bits per heavy atom. The number of hydrogen-bond acceptors (Lipinski definition) is 2. The van der Waals surface area contributed by atoms with E-state index in [0.717, 1.165) is 90.0 Å². The molecule has 0 atom stereocenters. The van der Waals surface area contributed by atoms with Crippen molar-refractivity contribution in [3.05, 3.63) is 203 Å². The van der Waals surface area contributed by atoms with Crippen molar-refractivity contribution < 1.29 is 91.1 Å². The average molecular weight is 1350 g/mol. The van der Waals surface area contributed by atoms with E-state index in [1.54, 1.807) is 43.9 Å². The minimum atomic E-state index is -0.950. The van der Waals surface area contributed by atoms with Gasteiger partial charge in [-0.3, -0.25) is 0 Å². The Hall–Kier alpha value is -3.17. The van der Waals surface area contributed by atoms with Crippen molar-refractivity contribution in [2.75, 3.05) is 52.4 Å². The summed E-state index contributed by atoms with van der Waals surface area (Å²) in [6.07, 6.45) is 0. The molecule has 1 aliphatic heterocycles. The zero-order valence-corrected chi connectivity index (χ0v) is 56.4. The van der Waals surface area contributed by atoms with Gasteiger partial charge in [0.2, 0.25) is 0 Å². The molecule has 1 heterocycles. The summed E-state index contributed by atoms with van der Waals surface area (Å²) in [7, 11) is -1.90. The molecule has 0 aliphatic carbocycles. The fourth-order valence-corrected chi connectivity index (χ4v) is 15.1. The zero-order valence-electron chi connectivity index (χ0n) is 48.5.